The third-order valence-electron chi connectivity index (χ3n) is 4.93. The Hall–Kier alpha value is -2.73. The van der Waals surface area contributed by atoms with Gasteiger partial charge in [-0.15, -0.1) is 0 Å². The number of hydrogen-bond donors (Lipinski definition) is 2. The van der Waals surface area contributed by atoms with Gasteiger partial charge in [-0.2, -0.15) is 4.40 Å². The lowest BCUT2D eigenvalue weighted by Gasteiger charge is -2.18. The fourth-order valence-corrected chi connectivity index (χ4v) is 3.56. The number of fused-ring (bicyclic) bond motifs is 1. The van der Waals surface area contributed by atoms with Gasteiger partial charge in [0.25, 0.3) is 11.7 Å². The van der Waals surface area contributed by atoms with Crippen molar-refractivity contribution >= 4 is 11.4 Å². The van der Waals surface area contributed by atoms with Gasteiger partial charge in [0, 0.05) is 18.2 Å². The second-order valence-electron chi connectivity index (χ2n) is 6.80. The van der Waals surface area contributed by atoms with Crippen molar-refractivity contribution in [2.24, 2.45) is 0 Å². The molecule has 3 aromatic rings. The summed E-state index contributed by atoms with van der Waals surface area (Å²) in [5, 5.41) is 3.09. The molecule has 0 radical (unpaired) electrons. The van der Waals surface area contributed by atoms with E-state index in [2.05, 4.69) is 21.4 Å². The molecule has 0 spiro atoms. The molecule has 6 heteroatoms. The first kappa shape index (κ1) is 16.7. The molecule has 0 bridgehead atoms. The maximum atomic E-state index is 12.9. The van der Waals surface area contributed by atoms with Crippen LogP contribution in [0.4, 0.5) is 0 Å². The maximum Gasteiger partial charge on any atom is 0.295 e. The molecule has 3 aromatic heterocycles. The van der Waals surface area contributed by atoms with Crippen molar-refractivity contribution in [1.82, 2.24) is 10.3 Å². The van der Waals surface area contributed by atoms with Gasteiger partial charge in [-0.3, -0.25) is 4.79 Å². The quantitative estimate of drug-likeness (QED) is 0.682. The summed E-state index contributed by atoms with van der Waals surface area (Å²) in [5.74, 6) is 0.873. The molecule has 6 nitrogen and oxygen atoms in total. The molecule has 2 atom stereocenters. The Morgan fingerprint density at radius 2 is 2.35 bits per heavy atom. The highest BCUT2D eigenvalue weighted by Crippen LogP contribution is 2.16. The van der Waals surface area contributed by atoms with Crippen LogP contribution in [0.5, 0.6) is 0 Å². The molecule has 2 unspecified atom stereocenters. The van der Waals surface area contributed by atoms with Crippen molar-refractivity contribution in [2.45, 2.75) is 38.3 Å². The summed E-state index contributed by atoms with van der Waals surface area (Å²) in [4.78, 5) is 19.3. The molecule has 1 aliphatic heterocycles. The van der Waals surface area contributed by atoms with E-state index in [0.29, 0.717) is 12.1 Å². The Morgan fingerprint density at radius 3 is 3.12 bits per heavy atom. The van der Waals surface area contributed by atoms with Crippen LogP contribution in [-0.4, -0.2) is 29.6 Å². The van der Waals surface area contributed by atoms with Crippen molar-refractivity contribution in [2.75, 3.05) is 6.61 Å². The number of carbonyl (C=O) groups excluding carboxylic acids is 1. The van der Waals surface area contributed by atoms with Gasteiger partial charge in [-0.05, 0) is 38.0 Å². The van der Waals surface area contributed by atoms with E-state index in [4.69, 9.17) is 4.74 Å². The Balaban J connectivity index is 1.61. The summed E-state index contributed by atoms with van der Waals surface area (Å²) in [6.45, 7) is 2.79. The molecule has 0 aliphatic carbocycles. The summed E-state index contributed by atoms with van der Waals surface area (Å²) < 4.78 is 7.73. The minimum absolute atomic E-state index is 0.00997. The SMILES string of the molecule is CC(NC(=O)c1[nH]c(Cc2ccc[nH+]c2)[n+]2ccccc12)C1CCCO1. The Kier molecular flexibility index (Phi) is 4.67. The van der Waals surface area contributed by atoms with Gasteiger partial charge in [0.05, 0.1) is 24.8 Å². The Morgan fingerprint density at radius 1 is 1.42 bits per heavy atom. The van der Waals surface area contributed by atoms with E-state index >= 15 is 0 Å². The standard InChI is InChI=1S/C20H22N4O2/c1-14(17-8-5-11-26-17)22-20(25)19-16-7-2-3-10-24(16)18(23-19)12-15-6-4-9-21-13-15/h2-4,6-7,9-10,13-14,17H,5,8,11-12H2,1H3,(H,22,25)/p+2. The van der Waals surface area contributed by atoms with Crippen LogP contribution in [0.25, 0.3) is 5.52 Å². The number of imidazole rings is 1. The minimum Gasteiger partial charge on any atom is -0.376 e. The van der Waals surface area contributed by atoms with Gasteiger partial charge >= 0.3 is 0 Å². The van der Waals surface area contributed by atoms with Crippen LogP contribution < -0.4 is 14.7 Å². The lowest BCUT2D eigenvalue weighted by molar-refractivity contribution is -0.520. The van der Waals surface area contributed by atoms with Crippen LogP contribution in [0.3, 0.4) is 0 Å². The predicted octanol–water partition coefficient (Wildman–Crippen LogP) is 1.46. The highest BCUT2D eigenvalue weighted by Gasteiger charge is 2.28. The lowest BCUT2D eigenvalue weighted by atomic mass is 10.1. The third-order valence-corrected chi connectivity index (χ3v) is 4.93. The van der Waals surface area contributed by atoms with E-state index < -0.39 is 0 Å². The van der Waals surface area contributed by atoms with Crippen molar-refractivity contribution in [3.05, 3.63) is 66.0 Å². The summed E-state index contributed by atoms with van der Waals surface area (Å²) in [6, 6.07) is 9.91. The summed E-state index contributed by atoms with van der Waals surface area (Å²) in [7, 11) is 0. The molecule has 4 rings (SSSR count). The molecule has 26 heavy (non-hydrogen) atoms. The van der Waals surface area contributed by atoms with Gasteiger partial charge in [-0.1, -0.05) is 6.07 Å². The van der Waals surface area contributed by atoms with E-state index in [-0.39, 0.29) is 18.1 Å². The Bertz CT molecular complexity index is 901. The molecule has 0 saturated carbocycles. The molecule has 0 aromatic carbocycles. The molecule has 1 fully saturated rings. The van der Waals surface area contributed by atoms with Gasteiger partial charge in [0.2, 0.25) is 5.69 Å². The Labute approximate surface area is 152 Å². The first-order valence-electron chi connectivity index (χ1n) is 9.11. The van der Waals surface area contributed by atoms with E-state index in [0.717, 1.165) is 36.4 Å². The first-order valence-corrected chi connectivity index (χ1v) is 9.11. The average molecular weight is 352 g/mol. The van der Waals surface area contributed by atoms with Crippen molar-refractivity contribution in [3.63, 3.8) is 0 Å². The smallest absolute Gasteiger partial charge is 0.295 e. The zero-order chi connectivity index (χ0) is 17.9. The molecule has 1 aliphatic rings. The number of aromatic amines is 2. The maximum absolute atomic E-state index is 12.9. The molecular formula is C20H24N4O2+2. The van der Waals surface area contributed by atoms with Crippen LogP contribution in [0.15, 0.2) is 48.9 Å². The van der Waals surface area contributed by atoms with Crippen LogP contribution in [0.1, 0.15) is 41.6 Å². The lowest BCUT2D eigenvalue weighted by Crippen LogP contribution is -2.41. The fourth-order valence-electron chi connectivity index (χ4n) is 3.56. The zero-order valence-electron chi connectivity index (χ0n) is 14.9. The summed E-state index contributed by atoms with van der Waals surface area (Å²) in [6.07, 6.45) is 8.70. The van der Waals surface area contributed by atoms with E-state index in [9.17, 15) is 4.79 Å². The third kappa shape index (κ3) is 3.32. The van der Waals surface area contributed by atoms with Crippen molar-refractivity contribution < 1.29 is 18.9 Å². The van der Waals surface area contributed by atoms with E-state index in [1.54, 1.807) is 0 Å². The molecular weight excluding hydrogens is 328 g/mol. The number of ether oxygens (including phenoxy) is 1. The summed E-state index contributed by atoms with van der Waals surface area (Å²) >= 11 is 0. The number of pyridine rings is 2. The monoisotopic (exact) mass is 352 g/mol. The number of carbonyl (C=O) groups is 1. The molecule has 134 valence electrons. The van der Waals surface area contributed by atoms with Gasteiger partial charge in [-0.25, -0.2) is 9.97 Å². The van der Waals surface area contributed by atoms with Crippen molar-refractivity contribution in [3.8, 4) is 0 Å². The largest absolute Gasteiger partial charge is 0.376 e. The van der Waals surface area contributed by atoms with Gasteiger partial charge < -0.3 is 10.1 Å². The second kappa shape index (κ2) is 7.25. The van der Waals surface area contributed by atoms with Crippen LogP contribution >= 0.6 is 0 Å². The fraction of sp³-hybridized carbons (Fsp3) is 0.350. The number of nitrogens with one attached hydrogen (secondary N) is 3. The number of rotatable bonds is 5. The molecule has 1 saturated heterocycles. The highest BCUT2D eigenvalue weighted by atomic mass is 16.5. The molecule has 1 amide bonds. The predicted molar refractivity (Wildman–Crippen MR) is 95.7 cm³/mol. The number of amides is 1. The van der Waals surface area contributed by atoms with E-state index in [1.807, 2.05) is 54.2 Å². The van der Waals surface area contributed by atoms with Crippen LogP contribution in [0, 0.1) is 0 Å². The zero-order valence-corrected chi connectivity index (χ0v) is 14.9. The molecule has 3 N–H and O–H groups in total. The highest BCUT2D eigenvalue weighted by molar-refractivity contribution is 5.98. The molecule has 4 heterocycles. The minimum atomic E-state index is -0.0948. The second-order valence-corrected chi connectivity index (χ2v) is 6.80. The normalized spacial score (nSPS) is 18.1. The first-order chi connectivity index (χ1) is 12.7. The van der Waals surface area contributed by atoms with Crippen LogP contribution in [0.2, 0.25) is 0 Å². The number of hydrogen-bond acceptors (Lipinski definition) is 2. The summed E-state index contributed by atoms with van der Waals surface area (Å²) in [5.41, 5.74) is 2.61. The van der Waals surface area contributed by atoms with Crippen molar-refractivity contribution in [1.29, 1.82) is 0 Å². The number of nitrogens with zero attached hydrogens (tertiary/aromatic N) is 1. The topological polar surface area (TPSA) is 72.4 Å². The number of H-pyrrole nitrogens is 2. The van der Waals surface area contributed by atoms with E-state index in [1.165, 1.54) is 0 Å². The van der Waals surface area contributed by atoms with Crippen LogP contribution in [-0.2, 0) is 11.2 Å². The number of aromatic nitrogens is 3. The average Bonchev–Trinajstić information content (AvgIpc) is 3.31. The van der Waals surface area contributed by atoms with Gasteiger partial charge in [0.1, 0.15) is 0 Å². The van der Waals surface area contributed by atoms with Gasteiger partial charge in [0.15, 0.2) is 17.9 Å².